The van der Waals surface area contributed by atoms with Crippen molar-refractivity contribution in [3.8, 4) is 0 Å². The van der Waals surface area contributed by atoms with Crippen LogP contribution in [0.4, 0.5) is 4.79 Å². The second-order valence-electron chi connectivity index (χ2n) is 5.62. The molecule has 23 heavy (non-hydrogen) atoms. The molecule has 7 heteroatoms. The molecular formula is C16H20N4O3. The Morgan fingerprint density at radius 1 is 1.57 bits per heavy atom. The molecule has 1 aromatic rings. The first-order chi connectivity index (χ1) is 11.1. The Hall–Kier alpha value is -2.41. The summed E-state index contributed by atoms with van der Waals surface area (Å²) in [5, 5.41) is 5.83. The minimum atomic E-state index is -0.142. The molecule has 0 radical (unpaired) electrons. The normalized spacial score (nSPS) is 20.0. The van der Waals surface area contributed by atoms with E-state index in [0.717, 1.165) is 11.4 Å². The summed E-state index contributed by atoms with van der Waals surface area (Å²) in [6.45, 7) is 6.83. The molecule has 1 fully saturated rings. The van der Waals surface area contributed by atoms with Gasteiger partial charge in [-0.3, -0.25) is 9.63 Å². The number of carbonyl (C=O) groups excluding carboxylic acids is 2. The van der Waals surface area contributed by atoms with Gasteiger partial charge in [-0.25, -0.2) is 9.48 Å². The number of urea groups is 1. The van der Waals surface area contributed by atoms with E-state index in [1.165, 1.54) is 5.06 Å². The molecule has 1 atom stereocenters. The summed E-state index contributed by atoms with van der Waals surface area (Å²) in [4.78, 5) is 30.9. The van der Waals surface area contributed by atoms with Crippen LogP contribution >= 0.6 is 0 Å². The lowest BCUT2D eigenvalue weighted by atomic mass is 10.2. The Balaban J connectivity index is 1.76. The van der Waals surface area contributed by atoms with Crippen LogP contribution in [0.25, 0.3) is 5.70 Å². The Morgan fingerprint density at radius 3 is 3.13 bits per heavy atom. The largest absolute Gasteiger partial charge is 0.345 e. The molecule has 2 aliphatic heterocycles. The number of nitrogens with zero attached hydrogens (tertiary/aromatic N) is 4. The van der Waals surface area contributed by atoms with Gasteiger partial charge in [0.05, 0.1) is 37.0 Å². The van der Waals surface area contributed by atoms with Crippen LogP contribution in [0.1, 0.15) is 19.0 Å². The monoisotopic (exact) mass is 316 g/mol. The lowest BCUT2D eigenvalue weighted by molar-refractivity contribution is -0.118. The second kappa shape index (κ2) is 6.37. The lowest BCUT2D eigenvalue weighted by Crippen LogP contribution is -2.33. The average molecular weight is 316 g/mol. The highest BCUT2D eigenvalue weighted by molar-refractivity contribution is 5.81. The predicted molar refractivity (Wildman–Crippen MR) is 84.2 cm³/mol. The Labute approximate surface area is 134 Å². The maximum absolute atomic E-state index is 12.2. The molecule has 1 saturated heterocycles. The molecule has 0 saturated carbocycles. The number of aromatic nitrogens is 2. The van der Waals surface area contributed by atoms with Gasteiger partial charge in [0.15, 0.2) is 0 Å². The van der Waals surface area contributed by atoms with Crippen LogP contribution in [0, 0.1) is 0 Å². The Bertz CT molecular complexity index is 664. The molecule has 3 rings (SSSR count). The van der Waals surface area contributed by atoms with E-state index in [1.807, 2.05) is 25.3 Å². The van der Waals surface area contributed by atoms with Gasteiger partial charge >= 0.3 is 6.03 Å². The molecule has 0 aromatic carbocycles. The molecular weight excluding hydrogens is 296 g/mol. The predicted octanol–water partition coefficient (Wildman–Crippen LogP) is 1.48. The van der Waals surface area contributed by atoms with Crippen LogP contribution in [-0.4, -0.2) is 57.3 Å². The van der Waals surface area contributed by atoms with E-state index in [1.54, 1.807) is 15.7 Å². The minimum absolute atomic E-state index is 0.129. The summed E-state index contributed by atoms with van der Waals surface area (Å²) in [5.74, 6) is 0.163. The van der Waals surface area contributed by atoms with Crippen molar-refractivity contribution in [3.05, 3.63) is 36.7 Å². The topological polar surface area (TPSA) is 67.7 Å². The molecule has 7 nitrogen and oxygen atoms in total. The van der Waals surface area contributed by atoms with Crippen molar-refractivity contribution < 1.29 is 14.4 Å². The fourth-order valence-electron chi connectivity index (χ4n) is 2.76. The van der Waals surface area contributed by atoms with E-state index < -0.39 is 0 Å². The zero-order valence-electron chi connectivity index (χ0n) is 13.1. The highest BCUT2D eigenvalue weighted by atomic mass is 16.7. The highest BCUT2D eigenvalue weighted by Gasteiger charge is 2.41. The van der Waals surface area contributed by atoms with E-state index >= 15 is 0 Å². The summed E-state index contributed by atoms with van der Waals surface area (Å²) in [6, 6.07) is 1.57. The SMILES string of the molecule is C=CCON1C(=O)N2CC(n3ccc(CC(=O)CC)n3)=CC1C2. The van der Waals surface area contributed by atoms with Crippen LogP contribution in [0.2, 0.25) is 0 Å². The number of hydroxylamine groups is 2. The quantitative estimate of drug-likeness (QED) is 0.715. The first-order valence-corrected chi connectivity index (χ1v) is 7.71. The lowest BCUT2D eigenvalue weighted by Gasteiger charge is -2.21. The molecule has 3 heterocycles. The first kappa shape index (κ1) is 15.5. The van der Waals surface area contributed by atoms with Crippen LogP contribution in [-0.2, 0) is 16.1 Å². The second-order valence-corrected chi connectivity index (χ2v) is 5.62. The van der Waals surface area contributed by atoms with Crippen molar-refractivity contribution >= 4 is 17.5 Å². The van der Waals surface area contributed by atoms with Gasteiger partial charge in [-0.05, 0) is 12.1 Å². The van der Waals surface area contributed by atoms with Gasteiger partial charge in [0.1, 0.15) is 5.78 Å². The summed E-state index contributed by atoms with van der Waals surface area (Å²) >= 11 is 0. The van der Waals surface area contributed by atoms with E-state index in [0.29, 0.717) is 32.5 Å². The number of amides is 2. The van der Waals surface area contributed by atoms with Crippen LogP contribution in [0.3, 0.4) is 0 Å². The molecule has 2 amide bonds. The number of hydrogen-bond donors (Lipinski definition) is 0. The van der Waals surface area contributed by atoms with E-state index in [2.05, 4.69) is 11.7 Å². The third kappa shape index (κ3) is 3.05. The summed E-state index contributed by atoms with van der Waals surface area (Å²) in [5.41, 5.74) is 1.66. The molecule has 2 bridgehead atoms. The van der Waals surface area contributed by atoms with E-state index in [-0.39, 0.29) is 17.9 Å². The first-order valence-electron chi connectivity index (χ1n) is 7.71. The number of rotatable bonds is 7. The summed E-state index contributed by atoms with van der Waals surface area (Å²) in [6.07, 6.45) is 6.28. The number of ketones is 1. The van der Waals surface area contributed by atoms with E-state index in [9.17, 15) is 9.59 Å². The Morgan fingerprint density at radius 2 is 2.39 bits per heavy atom. The zero-order chi connectivity index (χ0) is 16.4. The van der Waals surface area contributed by atoms with Gasteiger partial charge in [-0.1, -0.05) is 13.0 Å². The third-order valence-electron chi connectivity index (χ3n) is 3.95. The van der Waals surface area contributed by atoms with Gasteiger partial charge in [0.2, 0.25) is 0 Å². The van der Waals surface area contributed by atoms with Gasteiger partial charge in [0.25, 0.3) is 0 Å². The fraction of sp³-hybridized carbons (Fsp3) is 0.438. The number of fused-ring (bicyclic) bond motifs is 2. The van der Waals surface area contributed by atoms with Gasteiger partial charge in [-0.15, -0.1) is 6.58 Å². The van der Waals surface area contributed by atoms with Gasteiger partial charge in [0, 0.05) is 19.2 Å². The Kier molecular flexibility index (Phi) is 4.29. The maximum Gasteiger partial charge on any atom is 0.345 e. The number of Topliss-reactive ketones (excluding diaryl/α,β-unsaturated/α-hetero) is 1. The summed E-state index contributed by atoms with van der Waals surface area (Å²) < 4.78 is 1.74. The van der Waals surface area contributed by atoms with E-state index in [4.69, 9.17) is 4.84 Å². The van der Waals surface area contributed by atoms with Gasteiger partial charge in [-0.2, -0.15) is 10.2 Å². The maximum atomic E-state index is 12.2. The zero-order valence-corrected chi connectivity index (χ0v) is 13.1. The number of hydrogen-bond acceptors (Lipinski definition) is 4. The average Bonchev–Trinajstić information content (AvgIpc) is 3.10. The van der Waals surface area contributed by atoms with Crippen molar-refractivity contribution in [1.29, 1.82) is 0 Å². The minimum Gasteiger partial charge on any atom is -0.314 e. The standard InChI is InChI=1S/C16H20N4O3/c1-3-7-23-20-14-9-13(10-18(11-14)16(20)22)19-6-5-12(17-19)8-15(21)4-2/h3,5-6,9,14H,1,4,7-8,10-11H2,2H3. The molecule has 1 aromatic heterocycles. The molecule has 2 aliphatic rings. The van der Waals surface area contributed by atoms with Crippen LogP contribution in [0.5, 0.6) is 0 Å². The van der Waals surface area contributed by atoms with Gasteiger partial charge < -0.3 is 4.90 Å². The van der Waals surface area contributed by atoms with Crippen molar-refractivity contribution in [3.63, 3.8) is 0 Å². The van der Waals surface area contributed by atoms with Crippen molar-refractivity contribution in [1.82, 2.24) is 19.7 Å². The molecule has 1 unspecified atom stereocenters. The molecule has 122 valence electrons. The van der Waals surface area contributed by atoms with Crippen molar-refractivity contribution in [2.45, 2.75) is 25.8 Å². The molecule has 0 spiro atoms. The van der Waals surface area contributed by atoms with Crippen molar-refractivity contribution in [2.24, 2.45) is 0 Å². The molecule has 0 aliphatic carbocycles. The molecule has 0 N–H and O–H groups in total. The summed E-state index contributed by atoms with van der Waals surface area (Å²) in [7, 11) is 0. The smallest absolute Gasteiger partial charge is 0.314 e. The van der Waals surface area contributed by atoms with Crippen molar-refractivity contribution in [2.75, 3.05) is 19.7 Å². The number of carbonyl (C=O) groups is 2. The van der Waals surface area contributed by atoms with Crippen LogP contribution < -0.4 is 0 Å². The van der Waals surface area contributed by atoms with Crippen LogP contribution in [0.15, 0.2) is 31.0 Å². The third-order valence-corrected chi connectivity index (χ3v) is 3.95. The highest BCUT2D eigenvalue weighted by Crippen LogP contribution is 2.26. The fourth-order valence-corrected chi connectivity index (χ4v) is 2.76.